The maximum Gasteiger partial charge on any atom is 0.491 e. The van der Waals surface area contributed by atoms with E-state index in [4.69, 9.17) is 9.31 Å². The van der Waals surface area contributed by atoms with Gasteiger partial charge in [-0.05, 0) is 50.4 Å². The van der Waals surface area contributed by atoms with E-state index >= 15 is 0 Å². The van der Waals surface area contributed by atoms with E-state index in [1.54, 1.807) is 0 Å². The van der Waals surface area contributed by atoms with Gasteiger partial charge in [-0.3, -0.25) is 0 Å². The van der Waals surface area contributed by atoms with E-state index in [-0.39, 0.29) is 24.9 Å². The van der Waals surface area contributed by atoms with E-state index in [9.17, 15) is 5.11 Å². The highest BCUT2D eigenvalue weighted by atomic mass is 32.1. The largest absolute Gasteiger partial charge is 0.491 e. The summed E-state index contributed by atoms with van der Waals surface area (Å²) in [6, 6.07) is 7.77. The number of benzene rings is 1. The lowest BCUT2D eigenvalue weighted by atomic mass is 9.78. The standard InChI is InChI=1S/C16H23BO3S/c1-15(2)16(3,4)20-17(19-15)14(11-21)9-12-6-5-7-13(8-12)10-18/h5-9,18,21H,10-11H2,1-4H3. The lowest BCUT2D eigenvalue weighted by Gasteiger charge is -2.32. The van der Waals surface area contributed by atoms with E-state index in [2.05, 4.69) is 12.6 Å². The number of thiol groups is 1. The Balaban J connectivity index is 2.26. The molecule has 1 aromatic rings. The fourth-order valence-corrected chi connectivity index (χ4v) is 2.42. The Hall–Kier alpha value is -0.745. The van der Waals surface area contributed by atoms with E-state index in [1.807, 2.05) is 58.0 Å². The molecule has 1 heterocycles. The molecule has 0 saturated carbocycles. The van der Waals surface area contributed by atoms with Gasteiger partial charge < -0.3 is 14.4 Å². The van der Waals surface area contributed by atoms with Gasteiger partial charge in [0, 0.05) is 5.75 Å². The van der Waals surface area contributed by atoms with Gasteiger partial charge in [-0.1, -0.05) is 24.3 Å². The van der Waals surface area contributed by atoms with Crippen molar-refractivity contribution < 1.29 is 14.4 Å². The minimum absolute atomic E-state index is 0.0361. The van der Waals surface area contributed by atoms with Crippen LogP contribution in [0.3, 0.4) is 0 Å². The molecule has 1 aliphatic heterocycles. The summed E-state index contributed by atoms with van der Waals surface area (Å²) in [6.07, 6.45) is 2.02. The highest BCUT2D eigenvalue weighted by Crippen LogP contribution is 2.39. The SMILES string of the molecule is CC1(C)OB(C(=Cc2cccc(CO)c2)CS)OC1(C)C. The second-order valence-corrected chi connectivity index (χ2v) is 6.68. The fraction of sp³-hybridized carbons (Fsp3) is 0.500. The number of hydrogen-bond acceptors (Lipinski definition) is 4. The van der Waals surface area contributed by atoms with Crippen molar-refractivity contribution in [1.29, 1.82) is 0 Å². The van der Waals surface area contributed by atoms with Gasteiger partial charge in [-0.15, -0.1) is 0 Å². The second kappa shape index (κ2) is 6.17. The van der Waals surface area contributed by atoms with Crippen LogP contribution in [0.15, 0.2) is 29.7 Å². The molecular weight excluding hydrogens is 283 g/mol. The molecule has 0 bridgehead atoms. The molecular formula is C16H23BO3S. The molecule has 1 aromatic carbocycles. The second-order valence-electron chi connectivity index (χ2n) is 6.37. The van der Waals surface area contributed by atoms with Gasteiger partial charge in [0.1, 0.15) is 0 Å². The molecule has 21 heavy (non-hydrogen) atoms. The number of aliphatic hydroxyl groups excluding tert-OH is 1. The Morgan fingerprint density at radius 3 is 2.38 bits per heavy atom. The van der Waals surface area contributed by atoms with Gasteiger partial charge in [-0.2, -0.15) is 12.6 Å². The summed E-state index contributed by atoms with van der Waals surface area (Å²) in [4.78, 5) is 0. The van der Waals surface area contributed by atoms with Crippen molar-refractivity contribution in [3.8, 4) is 0 Å². The zero-order valence-corrected chi connectivity index (χ0v) is 14.0. The molecule has 114 valence electrons. The van der Waals surface area contributed by atoms with Crippen LogP contribution in [-0.2, 0) is 15.9 Å². The van der Waals surface area contributed by atoms with Gasteiger partial charge in [-0.25, -0.2) is 0 Å². The summed E-state index contributed by atoms with van der Waals surface area (Å²) >= 11 is 4.41. The van der Waals surface area contributed by atoms with E-state index in [0.29, 0.717) is 5.75 Å². The molecule has 0 aromatic heterocycles. The van der Waals surface area contributed by atoms with E-state index in [1.165, 1.54) is 0 Å². The summed E-state index contributed by atoms with van der Waals surface area (Å²) in [5, 5.41) is 9.22. The van der Waals surface area contributed by atoms with Crippen LogP contribution in [0.4, 0.5) is 0 Å². The average molecular weight is 306 g/mol. The Morgan fingerprint density at radius 1 is 1.24 bits per heavy atom. The van der Waals surface area contributed by atoms with Gasteiger partial charge in [0.25, 0.3) is 0 Å². The number of rotatable bonds is 4. The summed E-state index contributed by atoms with van der Waals surface area (Å²) in [5.74, 6) is 0.556. The minimum Gasteiger partial charge on any atom is -0.400 e. The molecule has 3 nitrogen and oxygen atoms in total. The van der Waals surface area contributed by atoms with Crippen molar-refractivity contribution >= 4 is 25.8 Å². The summed E-state index contributed by atoms with van der Waals surface area (Å²) in [5.41, 5.74) is 2.17. The average Bonchev–Trinajstić information content (AvgIpc) is 2.65. The summed E-state index contributed by atoms with van der Waals surface area (Å²) in [6.45, 7) is 8.18. The van der Waals surface area contributed by atoms with E-state index < -0.39 is 0 Å². The highest BCUT2D eigenvalue weighted by molar-refractivity contribution is 7.80. The fourth-order valence-electron chi connectivity index (χ4n) is 2.18. The molecule has 0 spiro atoms. The first-order valence-electron chi connectivity index (χ1n) is 7.16. The molecule has 1 fully saturated rings. The lowest BCUT2D eigenvalue weighted by molar-refractivity contribution is 0.00578. The molecule has 0 amide bonds. The van der Waals surface area contributed by atoms with Crippen LogP contribution in [-0.4, -0.2) is 29.2 Å². The maximum absolute atomic E-state index is 9.22. The van der Waals surface area contributed by atoms with E-state index in [0.717, 1.165) is 16.6 Å². The first kappa shape index (κ1) is 16.6. The molecule has 2 rings (SSSR count). The lowest BCUT2D eigenvalue weighted by Crippen LogP contribution is -2.41. The normalized spacial score (nSPS) is 20.9. The summed E-state index contributed by atoms with van der Waals surface area (Å²) < 4.78 is 12.1. The Labute approximate surface area is 132 Å². The monoisotopic (exact) mass is 306 g/mol. The van der Waals surface area contributed by atoms with Crippen molar-refractivity contribution in [2.45, 2.75) is 45.5 Å². The molecule has 5 heteroatoms. The third kappa shape index (κ3) is 3.54. The van der Waals surface area contributed by atoms with Crippen LogP contribution in [0.5, 0.6) is 0 Å². The molecule has 0 radical (unpaired) electrons. The highest BCUT2D eigenvalue weighted by Gasteiger charge is 2.52. The van der Waals surface area contributed by atoms with Crippen LogP contribution in [0.1, 0.15) is 38.8 Å². The molecule has 0 aliphatic carbocycles. The van der Waals surface area contributed by atoms with Crippen molar-refractivity contribution in [2.75, 3.05) is 5.75 Å². The zero-order chi connectivity index (χ0) is 15.7. The third-order valence-electron chi connectivity index (χ3n) is 4.22. The smallest absolute Gasteiger partial charge is 0.400 e. The first-order chi connectivity index (χ1) is 9.79. The molecule has 1 saturated heterocycles. The quantitative estimate of drug-likeness (QED) is 0.663. The minimum atomic E-state index is -0.384. The predicted octanol–water partition coefficient (Wildman–Crippen LogP) is 3.12. The number of aliphatic hydroxyl groups is 1. The van der Waals surface area contributed by atoms with Crippen LogP contribution in [0.25, 0.3) is 6.08 Å². The molecule has 1 N–H and O–H groups in total. The first-order valence-corrected chi connectivity index (χ1v) is 7.79. The number of hydrogen-bond donors (Lipinski definition) is 2. The van der Waals surface area contributed by atoms with Crippen molar-refractivity contribution in [3.05, 3.63) is 40.9 Å². The Bertz CT molecular complexity index is 524. The molecule has 0 unspecified atom stereocenters. The maximum atomic E-state index is 9.22. The zero-order valence-electron chi connectivity index (χ0n) is 13.1. The van der Waals surface area contributed by atoms with Crippen molar-refractivity contribution in [1.82, 2.24) is 0 Å². The van der Waals surface area contributed by atoms with Crippen LogP contribution in [0, 0.1) is 0 Å². The van der Waals surface area contributed by atoms with Gasteiger partial charge in [0.15, 0.2) is 0 Å². The topological polar surface area (TPSA) is 38.7 Å². The molecule has 0 atom stereocenters. The third-order valence-corrected chi connectivity index (χ3v) is 4.59. The van der Waals surface area contributed by atoms with Gasteiger partial charge in [0.2, 0.25) is 0 Å². The summed E-state index contributed by atoms with van der Waals surface area (Å²) in [7, 11) is -0.384. The predicted molar refractivity (Wildman–Crippen MR) is 90.3 cm³/mol. The van der Waals surface area contributed by atoms with Crippen molar-refractivity contribution in [3.63, 3.8) is 0 Å². The Morgan fingerprint density at radius 2 is 1.86 bits per heavy atom. The van der Waals surface area contributed by atoms with Crippen LogP contribution >= 0.6 is 12.6 Å². The Kier molecular flexibility index (Phi) is 4.88. The molecule has 1 aliphatic rings. The van der Waals surface area contributed by atoms with Crippen molar-refractivity contribution in [2.24, 2.45) is 0 Å². The van der Waals surface area contributed by atoms with Crippen LogP contribution < -0.4 is 0 Å². The van der Waals surface area contributed by atoms with Gasteiger partial charge in [0.05, 0.1) is 17.8 Å². The van der Waals surface area contributed by atoms with Gasteiger partial charge >= 0.3 is 7.12 Å². The van der Waals surface area contributed by atoms with Crippen LogP contribution in [0.2, 0.25) is 0 Å².